The smallest absolute Gasteiger partial charge is 0.275 e. The standard InChI is InChI=1S/C6H6N4O3/c7-2-1-4(11)9-10-3-5(12)8-6(10)13/h1,3H2,(H,9,11)(H,8,12,13). The van der Waals surface area contributed by atoms with E-state index in [1.807, 2.05) is 5.32 Å². The number of nitrogens with zero attached hydrogens (tertiary/aromatic N) is 2. The van der Waals surface area contributed by atoms with Gasteiger partial charge in [-0.05, 0) is 0 Å². The Morgan fingerprint density at radius 1 is 1.69 bits per heavy atom. The SMILES string of the molecule is N#CCC(=O)NN1CC(=O)NC1=O. The molecule has 0 radical (unpaired) electrons. The van der Waals surface area contributed by atoms with E-state index in [4.69, 9.17) is 5.26 Å². The van der Waals surface area contributed by atoms with Gasteiger partial charge in [-0.2, -0.15) is 5.26 Å². The molecule has 1 heterocycles. The van der Waals surface area contributed by atoms with Crippen LogP contribution in [0.5, 0.6) is 0 Å². The van der Waals surface area contributed by atoms with Gasteiger partial charge in [0.15, 0.2) is 0 Å². The zero-order valence-electron chi connectivity index (χ0n) is 6.53. The number of nitriles is 1. The molecule has 13 heavy (non-hydrogen) atoms. The maximum atomic E-state index is 10.8. The topological polar surface area (TPSA) is 102 Å². The first kappa shape index (κ1) is 8.99. The molecule has 0 saturated carbocycles. The summed E-state index contributed by atoms with van der Waals surface area (Å²) >= 11 is 0. The number of carbonyl (C=O) groups excluding carboxylic acids is 3. The van der Waals surface area contributed by atoms with Gasteiger partial charge in [-0.25, -0.2) is 9.80 Å². The summed E-state index contributed by atoms with van der Waals surface area (Å²) in [6, 6.07) is 0.928. The van der Waals surface area contributed by atoms with Crippen molar-refractivity contribution in [3.05, 3.63) is 0 Å². The van der Waals surface area contributed by atoms with Gasteiger partial charge in [-0.1, -0.05) is 0 Å². The summed E-state index contributed by atoms with van der Waals surface area (Å²) in [5, 5.41) is 10.9. The molecule has 0 aliphatic carbocycles. The second kappa shape index (κ2) is 3.53. The van der Waals surface area contributed by atoms with Crippen LogP contribution in [-0.2, 0) is 9.59 Å². The second-order valence-electron chi connectivity index (χ2n) is 2.31. The van der Waals surface area contributed by atoms with Crippen LogP contribution in [0, 0.1) is 11.3 Å². The maximum absolute atomic E-state index is 10.8. The fourth-order valence-electron chi connectivity index (χ4n) is 0.794. The van der Waals surface area contributed by atoms with E-state index in [9.17, 15) is 14.4 Å². The van der Waals surface area contributed by atoms with Crippen molar-refractivity contribution in [3.63, 3.8) is 0 Å². The van der Waals surface area contributed by atoms with Gasteiger partial charge in [-0.15, -0.1) is 0 Å². The number of hydrogen-bond donors (Lipinski definition) is 2. The van der Waals surface area contributed by atoms with Gasteiger partial charge in [0.05, 0.1) is 6.07 Å². The lowest BCUT2D eigenvalue weighted by atomic mass is 10.5. The fraction of sp³-hybridized carbons (Fsp3) is 0.333. The van der Waals surface area contributed by atoms with Gasteiger partial charge in [0.1, 0.15) is 13.0 Å². The molecule has 0 atom stereocenters. The Balaban J connectivity index is 2.47. The van der Waals surface area contributed by atoms with Crippen LogP contribution in [-0.4, -0.2) is 29.4 Å². The number of amides is 4. The van der Waals surface area contributed by atoms with Crippen LogP contribution in [0.4, 0.5) is 4.79 Å². The van der Waals surface area contributed by atoms with Crippen molar-refractivity contribution < 1.29 is 14.4 Å². The summed E-state index contributed by atoms with van der Waals surface area (Å²) in [6.07, 6.45) is -0.349. The lowest BCUT2D eigenvalue weighted by molar-refractivity contribution is -0.124. The first-order chi connectivity index (χ1) is 6.13. The van der Waals surface area contributed by atoms with Crippen LogP contribution in [0.15, 0.2) is 0 Å². The van der Waals surface area contributed by atoms with E-state index < -0.39 is 17.8 Å². The van der Waals surface area contributed by atoms with Crippen LogP contribution in [0.25, 0.3) is 0 Å². The van der Waals surface area contributed by atoms with Gasteiger partial charge in [0.2, 0.25) is 5.91 Å². The molecule has 1 aliphatic heterocycles. The number of urea groups is 1. The Hall–Kier alpha value is -2.10. The zero-order valence-corrected chi connectivity index (χ0v) is 6.53. The predicted molar refractivity (Wildman–Crippen MR) is 38.6 cm³/mol. The molecular formula is C6H6N4O3. The highest BCUT2D eigenvalue weighted by Crippen LogP contribution is 1.93. The summed E-state index contributed by atoms with van der Waals surface area (Å²) in [5.74, 6) is -1.10. The minimum Gasteiger partial charge on any atom is -0.275 e. The molecule has 7 heteroatoms. The van der Waals surface area contributed by atoms with Crippen molar-refractivity contribution in [2.24, 2.45) is 0 Å². The van der Waals surface area contributed by atoms with E-state index in [-0.39, 0.29) is 13.0 Å². The third kappa shape index (κ3) is 2.16. The highest BCUT2D eigenvalue weighted by atomic mass is 16.2. The molecule has 0 unspecified atom stereocenters. The molecule has 1 saturated heterocycles. The maximum Gasteiger partial charge on any atom is 0.343 e. The molecule has 0 bridgehead atoms. The van der Waals surface area contributed by atoms with Crippen LogP contribution < -0.4 is 10.7 Å². The first-order valence-corrected chi connectivity index (χ1v) is 3.41. The third-order valence-electron chi connectivity index (χ3n) is 1.29. The van der Waals surface area contributed by atoms with Crippen molar-refractivity contribution in [2.45, 2.75) is 6.42 Å². The molecule has 0 aromatic carbocycles. The lowest BCUT2D eigenvalue weighted by Crippen LogP contribution is -2.43. The summed E-state index contributed by atoms with van der Waals surface area (Å²) in [7, 11) is 0. The quantitative estimate of drug-likeness (QED) is 0.506. The number of imide groups is 1. The Morgan fingerprint density at radius 2 is 2.38 bits per heavy atom. The van der Waals surface area contributed by atoms with Crippen LogP contribution in [0.1, 0.15) is 6.42 Å². The molecule has 1 fully saturated rings. The summed E-state index contributed by atoms with van der Waals surface area (Å²) in [5.41, 5.74) is 2.10. The van der Waals surface area contributed by atoms with E-state index in [1.165, 1.54) is 0 Å². The van der Waals surface area contributed by atoms with Crippen molar-refractivity contribution >= 4 is 17.8 Å². The molecule has 0 aromatic rings. The van der Waals surface area contributed by atoms with Crippen LogP contribution in [0.3, 0.4) is 0 Å². The molecule has 1 rings (SSSR count). The first-order valence-electron chi connectivity index (χ1n) is 3.41. The molecule has 4 amide bonds. The summed E-state index contributed by atoms with van der Waals surface area (Å²) < 4.78 is 0. The highest BCUT2D eigenvalue weighted by Gasteiger charge is 2.27. The summed E-state index contributed by atoms with van der Waals surface area (Å²) in [6.45, 7) is -0.212. The average molecular weight is 182 g/mol. The van der Waals surface area contributed by atoms with E-state index in [1.54, 1.807) is 6.07 Å². The number of nitrogens with one attached hydrogen (secondary N) is 2. The van der Waals surface area contributed by atoms with Gasteiger partial charge in [-0.3, -0.25) is 20.3 Å². The minimum atomic E-state index is -0.684. The van der Waals surface area contributed by atoms with E-state index in [0.29, 0.717) is 0 Å². The predicted octanol–water partition coefficient (Wildman–Crippen LogP) is -1.52. The van der Waals surface area contributed by atoms with Gasteiger partial charge in [0, 0.05) is 0 Å². The number of rotatable bonds is 2. The average Bonchev–Trinajstić information content (AvgIpc) is 2.30. The minimum absolute atomic E-state index is 0.212. The van der Waals surface area contributed by atoms with Crippen molar-refractivity contribution in [1.82, 2.24) is 15.8 Å². The highest BCUT2D eigenvalue weighted by molar-refractivity contribution is 6.02. The number of hydrogen-bond acceptors (Lipinski definition) is 4. The molecule has 7 nitrogen and oxygen atoms in total. The zero-order chi connectivity index (χ0) is 9.84. The number of carbonyl (C=O) groups is 3. The Bertz CT molecular complexity index is 305. The van der Waals surface area contributed by atoms with Crippen LogP contribution >= 0.6 is 0 Å². The molecule has 2 N–H and O–H groups in total. The molecular weight excluding hydrogens is 176 g/mol. The van der Waals surface area contributed by atoms with E-state index >= 15 is 0 Å². The Labute approximate surface area is 73.3 Å². The van der Waals surface area contributed by atoms with Crippen LogP contribution in [0.2, 0.25) is 0 Å². The Morgan fingerprint density at radius 3 is 2.85 bits per heavy atom. The van der Waals surface area contributed by atoms with Crippen molar-refractivity contribution in [1.29, 1.82) is 5.26 Å². The lowest BCUT2D eigenvalue weighted by Gasteiger charge is -2.12. The van der Waals surface area contributed by atoms with E-state index in [2.05, 4.69) is 5.43 Å². The Kier molecular flexibility index (Phi) is 2.44. The monoisotopic (exact) mass is 182 g/mol. The molecule has 1 aliphatic rings. The normalized spacial score (nSPS) is 15.2. The molecule has 0 aromatic heterocycles. The van der Waals surface area contributed by atoms with Gasteiger partial charge >= 0.3 is 6.03 Å². The fourth-order valence-corrected chi connectivity index (χ4v) is 0.794. The van der Waals surface area contributed by atoms with E-state index in [0.717, 1.165) is 5.01 Å². The van der Waals surface area contributed by atoms with Crippen molar-refractivity contribution in [3.8, 4) is 6.07 Å². The third-order valence-corrected chi connectivity index (χ3v) is 1.29. The molecule has 0 spiro atoms. The van der Waals surface area contributed by atoms with Gasteiger partial charge < -0.3 is 0 Å². The summed E-state index contributed by atoms with van der Waals surface area (Å²) in [4.78, 5) is 32.2. The van der Waals surface area contributed by atoms with Gasteiger partial charge in [0.25, 0.3) is 5.91 Å². The second-order valence-corrected chi connectivity index (χ2v) is 2.31. The largest absolute Gasteiger partial charge is 0.343 e. The molecule has 68 valence electrons. The van der Waals surface area contributed by atoms with Crippen molar-refractivity contribution in [2.75, 3.05) is 6.54 Å². The number of hydrazine groups is 1.